The first-order valence-corrected chi connectivity index (χ1v) is 14.5. The summed E-state index contributed by atoms with van der Waals surface area (Å²) in [6, 6.07) is 14.9. The van der Waals surface area contributed by atoms with E-state index >= 15 is 0 Å². The van der Waals surface area contributed by atoms with Gasteiger partial charge in [0.05, 0.1) is 17.4 Å². The summed E-state index contributed by atoms with van der Waals surface area (Å²) in [5.74, 6) is 0.865. The zero-order valence-electron chi connectivity index (χ0n) is 20.2. The van der Waals surface area contributed by atoms with Gasteiger partial charge in [-0.2, -0.15) is 16.1 Å². The van der Waals surface area contributed by atoms with Crippen LogP contribution in [0.15, 0.2) is 59.5 Å². The van der Waals surface area contributed by atoms with Crippen molar-refractivity contribution in [3.05, 3.63) is 60.2 Å². The quantitative estimate of drug-likeness (QED) is 0.411. The van der Waals surface area contributed by atoms with Crippen LogP contribution >= 0.6 is 11.8 Å². The summed E-state index contributed by atoms with van der Waals surface area (Å²) in [5, 5.41) is 20.8. The van der Waals surface area contributed by atoms with E-state index < -0.39 is 22.0 Å². The van der Waals surface area contributed by atoms with E-state index in [9.17, 15) is 23.4 Å². The lowest BCUT2D eigenvalue weighted by Gasteiger charge is -2.30. The van der Waals surface area contributed by atoms with Crippen molar-refractivity contribution in [3.63, 3.8) is 0 Å². The molecule has 0 unspecified atom stereocenters. The van der Waals surface area contributed by atoms with Crippen LogP contribution in [-0.2, 0) is 26.0 Å². The first-order valence-electron chi connectivity index (χ1n) is 11.9. The van der Waals surface area contributed by atoms with E-state index in [4.69, 9.17) is 4.74 Å². The van der Waals surface area contributed by atoms with Crippen LogP contribution < -0.4 is 0 Å². The number of esters is 1. The smallest absolute Gasteiger partial charge is 0.306 e. The normalized spacial score (nSPS) is 18.0. The number of aliphatic hydroxyl groups excluding tert-OH is 1. The van der Waals surface area contributed by atoms with Gasteiger partial charge in [-0.1, -0.05) is 44.2 Å². The molecular weight excluding hydrogens is 486 g/mol. The number of aliphatic hydroxyl groups is 1. The van der Waals surface area contributed by atoms with Crippen LogP contribution in [0.3, 0.4) is 0 Å². The van der Waals surface area contributed by atoms with E-state index in [1.165, 1.54) is 28.6 Å². The Bertz CT molecular complexity index is 1040. The van der Waals surface area contributed by atoms with Gasteiger partial charge in [-0.25, -0.2) is 8.42 Å². The predicted molar refractivity (Wildman–Crippen MR) is 138 cm³/mol. The second kappa shape index (κ2) is 12.8. The number of sulfonamides is 1. The predicted octanol–water partition coefficient (Wildman–Crippen LogP) is 3.70. The van der Waals surface area contributed by atoms with Crippen LogP contribution in [0, 0.1) is 11.8 Å². The van der Waals surface area contributed by atoms with Gasteiger partial charge in [0.2, 0.25) is 10.0 Å². The number of benzene rings is 2. The number of phenols is 1. The summed E-state index contributed by atoms with van der Waals surface area (Å²) in [6.45, 7) is 3.88. The molecule has 2 aromatic carbocycles. The molecule has 7 nitrogen and oxygen atoms in total. The average Bonchev–Trinajstić information content (AvgIpc) is 3.31. The van der Waals surface area contributed by atoms with Crippen molar-refractivity contribution in [1.82, 2.24) is 4.31 Å². The molecule has 0 bridgehead atoms. The molecule has 35 heavy (non-hydrogen) atoms. The Morgan fingerprint density at radius 1 is 1.11 bits per heavy atom. The second-order valence-electron chi connectivity index (χ2n) is 9.41. The van der Waals surface area contributed by atoms with Crippen LogP contribution in [0.5, 0.6) is 5.75 Å². The third-order valence-corrected chi connectivity index (χ3v) is 8.91. The van der Waals surface area contributed by atoms with Gasteiger partial charge in [-0.05, 0) is 54.3 Å². The van der Waals surface area contributed by atoms with Gasteiger partial charge in [0.15, 0.2) is 0 Å². The maximum absolute atomic E-state index is 13.4. The highest BCUT2D eigenvalue weighted by Gasteiger charge is 2.32. The molecule has 1 fully saturated rings. The molecule has 0 amide bonds. The zero-order valence-corrected chi connectivity index (χ0v) is 21.9. The Morgan fingerprint density at radius 3 is 2.40 bits per heavy atom. The molecule has 9 heteroatoms. The Kier molecular flexibility index (Phi) is 10.0. The first kappa shape index (κ1) is 27.5. The third kappa shape index (κ3) is 8.24. The number of thioether (sulfide) groups is 1. The fraction of sp³-hybridized carbons (Fsp3) is 0.500. The van der Waals surface area contributed by atoms with E-state index in [-0.39, 0.29) is 48.1 Å². The molecule has 1 aliphatic rings. The molecule has 0 aliphatic carbocycles. The van der Waals surface area contributed by atoms with Gasteiger partial charge >= 0.3 is 5.97 Å². The summed E-state index contributed by atoms with van der Waals surface area (Å²) in [6.07, 6.45) is 0.0767. The zero-order chi connectivity index (χ0) is 25.4. The molecule has 3 atom stereocenters. The number of phenolic OH excluding ortho intramolecular Hbond substituents is 1. The van der Waals surface area contributed by atoms with Gasteiger partial charge in [-0.15, -0.1) is 0 Å². The molecule has 192 valence electrons. The number of nitrogens with zero attached hydrogens (tertiary/aromatic N) is 1. The largest absolute Gasteiger partial charge is 0.508 e. The highest BCUT2D eigenvalue weighted by Crippen LogP contribution is 2.25. The summed E-state index contributed by atoms with van der Waals surface area (Å²) in [5.41, 5.74) is 0.956. The Hall–Kier alpha value is -2.07. The summed E-state index contributed by atoms with van der Waals surface area (Å²) in [7, 11) is -3.92. The van der Waals surface area contributed by atoms with Crippen LogP contribution in [0.25, 0.3) is 0 Å². The van der Waals surface area contributed by atoms with Crippen molar-refractivity contribution < 1.29 is 28.2 Å². The topological polar surface area (TPSA) is 104 Å². The monoisotopic (exact) mass is 521 g/mol. The van der Waals surface area contributed by atoms with Crippen LogP contribution in [0.1, 0.15) is 32.3 Å². The Morgan fingerprint density at radius 2 is 1.80 bits per heavy atom. The lowest BCUT2D eigenvalue weighted by molar-refractivity contribution is -0.150. The number of carbonyl (C=O) groups is 1. The van der Waals surface area contributed by atoms with Crippen molar-refractivity contribution in [2.45, 2.75) is 50.2 Å². The molecule has 2 aromatic rings. The number of carbonyl (C=O) groups excluding carboxylic acids is 1. The van der Waals surface area contributed by atoms with E-state index in [2.05, 4.69) is 0 Å². The van der Waals surface area contributed by atoms with Gasteiger partial charge in [-0.3, -0.25) is 4.79 Å². The van der Waals surface area contributed by atoms with Crippen molar-refractivity contribution in [2.75, 3.05) is 24.6 Å². The Labute approximate surface area is 212 Å². The van der Waals surface area contributed by atoms with E-state index in [1.54, 1.807) is 11.8 Å². The van der Waals surface area contributed by atoms with Gasteiger partial charge < -0.3 is 14.9 Å². The minimum absolute atomic E-state index is 0.00596. The van der Waals surface area contributed by atoms with Crippen LogP contribution in [0.2, 0.25) is 0 Å². The second-order valence-corrected chi connectivity index (χ2v) is 12.5. The highest BCUT2D eigenvalue weighted by atomic mass is 32.2. The van der Waals surface area contributed by atoms with E-state index in [0.717, 1.165) is 23.5 Å². The molecule has 1 heterocycles. The molecular formula is C26H35NO6S2. The van der Waals surface area contributed by atoms with Crippen molar-refractivity contribution >= 4 is 27.8 Å². The molecule has 0 aromatic heterocycles. The third-order valence-electron chi connectivity index (χ3n) is 5.93. The molecule has 0 spiro atoms. The standard InChI is InChI=1S/C26H35NO6S2/c1-19(2)16-27(35(31,32)24-10-8-22(28)9-11-24)17-25(29)21(14-20-6-4-3-5-7-20)15-26(30)33-23-12-13-34-18-23/h3-11,19,21,23,25,28-29H,12-18H2,1-2H3/t21-,23+,25-/m1/s1. The van der Waals surface area contributed by atoms with Gasteiger partial charge in [0.25, 0.3) is 0 Å². The molecule has 0 saturated carbocycles. The summed E-state index contributed by atoms with van der Waals surface area (Å²) < 4.78 is 33.7. The highest BCUT2D eigenvalue weighted by molar-refractivity contribution is 7.99. The first-order chi connectivity index (χ1) is 16.6. The SMILES string of the molecule is CC(C)CN(C[C@@H](O)[C@@H](CC(=O)O[C@H]1CCSC1)Cc1ccccc1)S(=O)(=O)c1ccc(O)cc1. The lowest BCUT2D eigenvalue weighted by Crippen LogP contribution is -2.43. The van der Waals surface area contributed by atoms with Crippen molar-refractivity contribution in [2.24, 2.45) is 11.8 Å². The van der Waals surface area contributed by atoms with E-state index in [0.29, 0.717) is 6.42 Å². The molecule has 1 aliphatic heterocycles. The number of ether oxygens (including phenoxy) is 1. The molecule has 0 radical (unpaired) electrons. The number of hydrogen-bond acceptors (Lipinski definition) is 7. The molecule has 1 saturated heterocycles. The number of aromatic hydroxyl groups is 1. The maximum Gasteiger partial charge on any atom is 0.306 e. The number of hydrogen-bond donors (Lipinski definition) is 2. The van der Waals surface area contributed by atoms with Crippen LogP contribution in [0.4, 0.5) is 0 Å². The maximum atomic E-state index is 13.4. The minimum Gasteiger partial charge on any atom is -0.508 e. The fourth-order valence-electron chi connectivity index (χ4n) is 4.12. The van der Waals surface area contributed by atoms with E-state index in [1.807, 2.05) is 44.2 Å². The van der Waals surface area contributed by atoms with Gasteiger partial charge in [0.1, 0.15) is 11.9 Å². The lowest BCUT2D eigenvalue weighted by atomic mass is 9.90. The van der Waals surface area contributed by atoms with Crippen molar-refractivity contribution in [1.29, 1.82) is 0 Å². The van der Waals surface area contributed by atoms with Gasteiger partial charge in [0, 0.05) is 24.8 Å². The average molecular weight is 522 g/mol. The summed E-state index contributed by atoms with van der Waals surface area (Å²) >= 11 is 1.75. The molecule has 2 N–H and O–H groups in total. The van der Waals surface area contributed by atoms with Crippen molar-refractivity contribution in [3.8, 4) is 5.75 Å². The minimum atomic E-state index is -3.92. The fourth-order valence-corrected chi connectivity index (χ4v) is 6.83. The summed E-state index contributed by atoms with van der Waals surface area (Å²) in [4.78, 5) is 12.8. The number of rotatable bonds is 12. The van der Waals surface area contributed by atoms with Crippen LogP contribution in [-0.4, -0.2) is 65.7 Å². The Balaban J connectivity index is 1.80. The molecule has 3 rings (SSSR count).